The van der Waals surface area contributed by atoms with Crippen molar-refractivity contribution in [2.75, 3.05) is 13.7 Å². The molecule has 34 heavy (non-hydrogen) atoms. The van der Waals surface area contributed by atoms with Crippen molar-refractivity contribution in [1.82, 2.24) is 4.98 Å². The Labute approximate surface area is 200 Å². The topological polar surface area (TPSA) is 68.4 Å². The van der Waals surface area contributed by atoms with Gasteiger partial charge in [0.25, 0.3) is 0 Å². The van der Waals surface area contributed by atoms with E-state index in [1.165, 1.54) is 44.3 Å². The molecule has 0 saturated heterocycles. The summed E-state index contributed by atoms with van der Waals surface area (Å²) in [5.41, 5.74) is 2.68. The van der Waals surface area contributed by atoms with E-state index in [9.17, 15) is 9.59 Å². The molecule has 5 nitrogen and oxygen atoms in total. The summed E-state index contributed by atoms with van der Waals surface area (Å²) in [6.45, 7) is 0.727. The van der Waals surface area contributed by atoms with Gasteiger partial charge in [-0.3, -0.25) is 9.59 Å². The van der Waals surface area contributed by atoms with Crippen LogP contribution in [0, 0.1) is 5.92 Å². The first-order valence-electron chi connectivity index (χ1n) is 11.9. The SMILES string of the molecule is COc1cc(OCC2CCCCC2)ccc1/C=C/C(=O)CC(=O)/C=C/c1ccc2cc[nH]c2c1. The maximum atomic E-state index is 12.3. The maximum Gasteiger partial charge on any atom is 0.163 e. The van der Waals surface area contributed by atoms with E-state index in [4.69, 9.17) is 9.47 Å². The molecule has 0 spiro atoms. The number of ether oxygens (including phenoxy) is 2. The molecule has 1 N–H and O–H groups in total. The number of methoxy groups -OCH3 is 1. The van der Waals surface area contributed by atoms with E-state index >= 15 is 0 Å². The number of aromatic nitrogens is 1. The van der Waals surface area contributed by atoms with E-state index in [2.05, 4.69) is 4.98 Å². The number of aromatic amines is 1. The lowest BCUT2D eigenvalue weighted by Gasteiger charge is -2.21. The number of carbonyl (C=O) groups is 2. The van der Waals surface area contributed by atoms with Crippen LogP contribution in [-0.4, -0.2) is 30.3 Å². The van der Waals surface area contributed by atoms with Crippen LogP contribution in [0.5, 0.6) is 11.5 Å². The average molecular weight is 458 g/mol. The molecule has 0 bridgehead atoms. The third-order valence-corrected chi connectivity index (χ3v) is 6.25. The quantitative estimate of drug-likeness (QED) is 0.283. The van der Waals surface area contributed by atoms with Crippen LogP contribution in [0.4, 0.5) is 0 Å². The summed E-state index contributed by atoms with van der Waals surface area (Å²) < 4.78 is 11.5. The van der Waals surface area contributed by atoms with Crippen LogP contribution in [0.2, 0.25) is 0 Å². The largest absolute Gasteiger partial charge is 0.496 e. The van der Waals surface area contributed by atoms with E-state index < -0.39 is 0 Å². The van der Waals surface area contributed by atoms with Gasteiger partial charge in [-0.25, -0.2) is 0 Å². The molecule has 1 aromatic heterocycles. The van der Waals surface area contributed by atoms with Crippen LogP contribution in [0.15, 0.2) is 60.8 Å². The molecule has 3 aromatic rings. The second-order valence-electron chi connectivity index (χ2n) is 8.82. The lowest BCUT2D eigenvalue weighted by atomic mass is 9.90. The van der Waals surface area contributed by atoms with Gasteiger partial charge in [-0.05, 0) is 72.2 Å². The van der Waals surface area contributed by atoms with Gasteiger partial charge in [0.05, 0.1) is 20.1 Å². The van der Waals surface area contributed by atoms with E-state index in [-0.39, 0.29) is 18.0 Å². The Hall–Kier alpha value is -3.60. The normalized spacial score (nSPS) is 14.7. The van der Waals surface area contributed by atoms with Gasteiger partial charge >= 0.3 is 0 Å². The number of H-pyrrole nitrogens is 1. The minimum atomic E-state index is -0.255. The first-order valence-corrected chi connectivity index (χ1v) is 11.9. The second kappa shape index (κ2) is 11.5. The fraction of sp³-hybridized carbons (Fsp3) is 0.310. The number of rotatable bonds is 10. The molecule has 0 aliphatic heterocycles. The number of allylic oxidation sites excluding steroid dienone is 2. The van der Waals surface area contributed by atoms with E-state index in [0.29, 0.717) is 11.7 Å². The van der Waals surface area contributed by atoms with Gasteiger partial charge in [-0.15, -0.1) is 0 Å². The van der Waals surface area contributed by atoms with Crippen molar-refractivity contribution >= 4 is 34.6 Å². The summed E-state index contributed by atoms with van der Waals surface area (Å²) in [6, 6.07) is 13.5. The molecule has 0 unspecified atom stereocenters. The van der Waals surface area contributed by atoms with Gasteiger partial charge in [0.1, 0.15) is 11.5 Å². The molecule has 4 rings (SSSR count). The highest BCUT2D eigenvalue weighted by atomic mass is 16.5. The molecule has 176 valence electrons. The molecule has 2 aromatic carbocycles. The smallest absolute Gasteiger partial charge is 0.163 e. The minimum Gasteiger partial charge on any atom is -0.496 e. The molecule has 1 saturated carbocycles. The van der Waals surface area contributed by atoms with Gasteiger partial charge in [-0.2, -0.15) is 0 Å². The molecule has 1 fully saturated rings. The van der Waals surface area contributed by atoms with E-state index in [0.717, 1.165) is 34.4 Å². The van der Waals surface area contributed by atoms with Crippen molar-refractivity contribution in [3.63, 3.8) is 0 Å². The summed E-state index contributed by atoms with van der Waals surface area (Å²) in [6.07, 6.45) is 14.4. The van der Waals surface area contributed by atoms with Crippen LogP contribution in [0.1, 0.15) is 49.7 Å². The Morgan fingerprint density at radius 1 is 0.971 bits per heavy atom. The Morgan fingerprint density at radius 3 is 2.56 bits per heavy atom. The molecule has 0 radical (unpaired) electrons. The van der Waals surface area contributed by atoms with Crippen molar-refractivity contribution in [3.05, 3.63) is 71.9 Å². The molecule has 0 amide bonds. The molecule has 1 aliphatic rings. The van der Waals surface area contributed by atoms with Gasteiger partial charge in [0.2, 0.25) is 0 Å². The van der Waals surface area contributed by atoms with Crippen molar-refractivity contribution in [2.24, 2.45) is 5.92 Å². The van der Waals surface area contributed by atoms with Gasteiger partial charge < -0.3 is 14.5 Å². The van der Waals surface area contributed by atoms with E-state index in [1.807, 2.05) is 48.7 Å². The first kappa shape index (κ1) is 23.6. The Balaban J connectivity index is 1.30. The van der Waals surface area contributed by atoms with Crippen molar-refractivity contribution in [3.8, 4) is 11.5 Å². The average Bonchev–Trinajstić information content (AvgIpc) is 3.34. The van der Waals surface area contributed by atoms with Crippen LogP contribution in [0.3, 0.4) is 0 Å². The van der Waals surface area contributed by atoms with Crippen LogP contribution in [0.25, 0.3) is 23.1 Å². The summed E-state index contributed by atoms with van der Waals surface area (Å²) >= 11 is 0. The highest BCUT2D eigenvalue weighted by molar-refractivity contribution is 6.11. The number of nitrogens with one attached hydrogen (secondary N) is 1. The highest BCUT2D eigenvalue weighted by Gasteiger charge is 2.14. The third kappa shape index (κ3) is 6.47. The zero-order chi connectivity index (χ0) is 23.8. The summed E-state index contributed by atoms with van der Waals surface area (Å²) in [7, 11) is 1.60. The van der Waals surface area contributed by atoms with Crippen molar-refractivity contribution < 1.29 is 19.1 Å². The van der Waals surface area contributed by atoms with Crippen LogP contribution in [-0.2, 0) is 9.59 Å². The van der Waals surface area contributed by atoms with Gasteiger partial charge in [0, 0.05) is 23.3 Å². The zero-order valence-electron chi connectivity index (χ0n) is 19.6. The molecule has 0 atom stereocenters. The predicted molar refractivity (Wildman–Crippen MR) is 136 cm³/mol. The monoisotopic (exact) mass is 457 g/mol. The zero-order valence-corrected chi connectivity index (χ0v) is 19.6. The fourth-order valence-electron chi connectivity index (χ4n) is 4.32. The van der Waals surface area contributed by atoms with Crippen molar-refractivity contribution in [2.45, 2.75) is 38.5 Å². The van der Waals surface area contributed by atoms with Gasteiger partial charge in [-0.1, -0.05) is 37.5 Å². The molecule has 1 heterocycles. The fourth-order valence-corrected chi connectivity index (χ4v) is 4.32. The van der Waals surface area contributed by atoms with Crippen LogP contribution < -0.4 is 9.47 Å². The Bertz CT molecular complexity index is 1200. The summed E-state index contributed by atoms with van der Waals surface area (Å²) in [4.78, 5) is 27.7. The third-order valence-electron chi connectivity index (χ3n) is 6.25. The number of ketones is 2. The predicted octanol–water partition coefficient (Wildman–Crippen LogP) is 6.39. The first-order chi connectivity index (χ1) is 16.6. The highest BCUT2D eigenvalue weighted by Crippen LogP contribution is 2.28. The number of hydrogen-bond acceptors (Lipinski definition) is 4. The molecule has 5 heteroatoms. The molecule has 1 aliphatic carbocycles. The maximum absolute atomic E-state index is 12.3. The molecular weight excluding hydrogens is 426 g/mol. The molecular formula is C29H31NO4. The lowest BCUT2D eigenvalue weighted by molar-refractivity contribution is -0.121. The summed E-state index contributed by atoms with van der Waals surface area (Å²) in [5.74, 6) is 1.54. The van der Waals surface area contributed by atoms with E-state index in [1.54, 1.807) is 19.3 Å². The van der Waals surface area contributed by atoms with Gasteiger partial charge in [0.15, 0.2) is 11.6 Å². The standard InChI is InChI=1S/C29H31NO4/c1-33-29-19-27(34-20-22-5-3-2-4-6-22)14-11-24(29)10-13-26(32)18-25(31)12-8-21-7-9-23-15-16-30-28(23)17-21/h7-17,19,22,30H,2-6,18,20H2,1H3/b12-8+,13-10+. The number of fused-ring (bicyclic) bond motifs is 1. The van der Waals surface area contributed by atoms with Crippen molar-refractivity contribution in [1.29, 1.82) is 0 Å². The number of benzene rings is 2. The minimum absolute atomic E-state index is 0.178. The Kier molecular flexibility index (Phi) is 7.97. The number of carbonyl (C=O) groups excluding carboxylic acids is 2. The summed E-state index contributed by atoms with van der Waals surface area (Å²) in [5, 5.41) is 1.11. The Morgan fingerprint density at radius 2 is 1.76 bits per heavy atom. The lowest BCUT2D eigenvalue weighted by Crippen LogP contribution is -2.15. The second-order valence-corrected chi connectivity index (χ2v) is 8.82. The number of hydrogen-bond donors (Lipinski definition) is 1. The van der Waals surface area contributed by atoms with Crippen LogP contribution >= 0.6 is 0 Å².